The number of hydrogen-bond acceptors (Lipinski definition) is 15. The van der Waals surface area contributed by atoms with Crippen LogP contribution in [0.25, 0.3) is 33.6 Å². The molecule has 15 rings (SSSR count). The van der Waals surface area contributed by atoms with E-state index < -0.39 is 47.2 Å². The molecule has 3 amide bonds. The normalized spacial score (nSPS) is 22.1. The quantitative estimate of drug-likeness (QED) is 0.104. The third kappa shape index (κ3) is 14.0. The Hall–Kier alpha value is -10.2. The van der Waals surface area contributed by atoms with E-state index in [-0.39, 0.29) is 99.7 Å². The lowest BCUT2D eigenvalue weighted by molar-refractivity contribution is -0.142. The molecular weight excluding hydrogens is 1310 g/mol. The van der Waals surface area contributed by atoms with Crippen LogP contribution in [0, 0.1) is 36.3 Å². The fourth-order valence-corrected chi connectivity index (χ4v) is 15.4. The number of nitrogens with zero attached hydrogens (tertiary/aromatic N) is 15. The summed E-state index contributed by atoms with van der Waals surface area (Å²) in [6, 6.07) is 22.9. The van der Waals surface area contributed by atoms with Crippen LogP contribution in [0.3, 0.4) is 0 Å². The van der Waals surface area contributed by atoms with Gasteiger partial charge in [-0.15, -0.1) is 0 Å². The average molecular weight is 1370 g/mol. The number of carbonyl (C=O) groups excluding carboxylic acids is 3. The molecule has 6 aliphatic heterocycles. The molecule has 6 saturated heterocycles. The van der Waals surface area contributed by atoms with Gasteiger partial charge in [-0.3, -0.25) is 29.3 Å². The van der Waals surface area contributed by atoms with Crippen molar-refractivity contribution >= 4 is 17.7 Å². The SMILES string of the molecule is Cc1cccc(C(=O)N2C3CCC2C(Cc2cnc(C(F)(F)F)cn2)C3)c1-c1cccnn1.O=C(c1cccc(F)c1-c1cccnn1)N1C2CCC1C(Cc1cnc(C(F)(F)F)cn1)C2.O=C(c1cccc(F)c1-c1ccnnc1)N1C2CCC1C(Cc1cnc(C(F)(F)F)cn1)C2. The number of aryl methyl sites for hydroxylation is 1. The van der Waals surface area contributed by atoms with Crippen LogP contribution in [-0.2, 0) is 37.8 Å². The van der Waals surface area contributed by atoms with Gasteiger partial charge in [0.05, 0.1) is 76.1 Å². The molecular formula is C70H60F11N15O3. The van der Waals surface area contributed by atoms with E-state index in [1.54, 1.807) is 47.5 Å². The second-order valence-electron chi connectivity index (χ2n) is 25.5. The molecule has 99 heavy (non-hydrogen) atoms. The Kier molecular flexibility index (Phi) is 18.8. The molecule has 510 valence electrons. The van der Waals surface area contributed by atoms with Crippen molar-refractivity contribution in [3.05, 3.63) is 215 Å². The van der Waals surface area contributed by atoms with Crippen molar-refractivity contribution in [1.82, 2.24) is 75.2 Å². The third-order valence-corrected chi connectivity index (χ3v) is 19.6. The van der Waals surface area contributed by atoms with Gasteiger partial charge in [-0.2, -0.15) is 70.1 Å². The molecule has 18 nitrogen and oxygen atoms in total. The number of hydrogen-bond donors (Lipinski definition) is 0. The van der Waals surface area contributed by atoms with E-state index in [2.05, 4.69) is 60.5 Å². The summed E-state index contributed by atoms with van der Waals surface area (Å²) in [5, 5.41) is 23.5. The van der Waals surface area contributed by atoms with Crippen LogP contribution < -0.4 is 0 Å². The first-order chi connectivity index (χ1) is 47.5. The molecule has 0 radical (unpaired) electrons. The van der Waals surface area contributed by atoms with Gasteiger partial charge in [0.1, 0.15) is 11.6 Å². The van der Waals surface area contributed by atoms with Crippen molar-refractivity contribution in [3.8, 4) is 33.6 Å². The molecule has 0 spiro atoms. The standard InChI is InChI=1S/C24H22F3N5O.2C23H19F4N5O/c1-14-4-2-5-18(22(14)19-6-3-9-30-31-19)23(33)32-17-7-8-20(32)15(11-17)10-16-12-29-21(13-28-16)24(25,26)27;24-17-4-1-3-16(21(17)18-5-2-8-30-31-18)22(33)32-15-6-7-19(32)13(10-15)9-14-11-29-20(12-28-14)23(25,26)27;24-18-3-1-2-17(21(18)13-6-7-30-31-10-13)22(33)32-16-4-5-19(32)14(9-16)8-15-11-29-20(12-28-15)23(25,26)27/h2-6,9,12-13,15,17,20H,7-8,10-11H2,1H3;1-5,8,11-13,15,19H,6-7,9-10H2;1-3,6-7,10-12,14,16,19H,4-5,8-9H2. The molecule has 0 saturated carbocycles. The van der Waals surface area contributed by atoms with Crippen LogP contribution in [0.2, 0.25) is 0 Å². The molecule has 29 heteroatoms. The van der Waals surface area contributed by atoms with E-state index in [0.717, 1.165) is 99.9 Å². The summed E-state index contributed by atoms with van der Waals surface area (Å²) in [7, 11) is 0. The maximum atomic E-state index is 14.8. The minimum absolute atomic E-state index is 0.00147. The Balaban J connectivity index is 0.000000133. The number of benzene rings is 3. The highest BCUT2D eigenvalue weighted by molar-refractivity contribution is 6.03. The smallest absolute Gasteiger partial charge is 0.332 e. The largest absolute Gasteiger partial charge is 0.434 e. The van der Waals surface area contributed by atoms with E-state index in [1.165, 1.54) is 49.1 Å². The van der Waals surface area contributed by atoms with Crippen LogP contribution in [0.1, 0.15) is 129 Å². The Morgan fingerprint density at radius 1 is 0.404 bits per heavy atom. The maximum absolute atomic E-state index is 14.8. The van der Waals surface area contributed by atoms with Crippen LogP contribution in [0.5, 0.6) is 0 Å². The van der Waals surface area contributed by atoms with Crippen molar-refractivity contribution in [2.75, 3.05) is 0 Å². The van der Waals surface area contributed by atoms with Crippen molar-refractivity contribution in [2.45, 2.75) is 139 Å². The molecule has 6 aromatic heterocycles. The van der Waals surface area contributed by atoms with Crippen molar-refractivity contribution in [1.29, 1.82) is 0 Å². The Bertz CT molecular complexity index is 3950. The van der Waals surface area contributed by atoms with Gasteiger partial charge in [-0.25, -0.2) is 23.7 Å². The Morgan fingerprint density at radius 3 is 1.15 bits per heavy atom. The average Bonchev–Trinajstić information content (AvgIpc) is 1.64. The molecule has 6 fully saturated rings. The molecule has 0 aliphatic carbocycles. The van der Waals surface area contributed by atoms with E-state index in [9.17, 15) is 62.7 Å². The van der Waals surface area contributed by atoms with E-state index in [4.69, 9.17) is 0 Å². The number of halogens is 11. The molecule has 3 aromatic carbocycles. The molecule has 6 aliphatic rings. The van der Waals surface area contributed by atoms with Crippen LogP contribution in [-0.4, -0.2) is 129 Å². The zero-order valence-corrected chi connectivity index (χ0v) is 52.6. The molecule has 6 bridgehead atoms. The highest BCUT2D eigenvalue weighted by atomic mass is 19.4. The van der Waals surface area contributed by atoms with Gasteiger partial charge < -0.3 is 14.7 Å². The second-order valence-corrected chi connectivity index (χ2v) is 25.5. The van der Waals surface area contributed by atoms with Crippen molar-refractivity contribution in [2.24, 2.45) is 17.8 Å². The summed E-state index contributed by atoms with van der Waals surface area (Å²) in [5.41, 5.74) is 2.91. The fourth-order valence-electron chi connectivity index (χ4n) is 15.4. The lowest BCUT2D eigenvalue weighted by Gasteiger charge is -2.26. The zero-order chi connectivity index (χ0) is 69.5. The van der Waals surface area contributed by atoms with Gasteiger partial charge in [-0.1, -0.05) is 24.3 Å². The van der Waals surface area contributed by atoms with E-state index >= 15 is 0 Å². The Morgan fingerprint density at radius 2 is 0.788 bits per heavy atom. The number of alkyl halides is 9. The zero-order valence-electron chi connectivity index (χ0n) is 52.6. The van der Waals surface area contributed by atoms with Gasteiger partial charge in [0.25, 0.3) is 17.7 Å². The summed E-state index contributed by atoms with van der Waals surface area (Å²) in [6.45, 7) is 1.95. The third-order valence-electron chi connectivity index (χ3n) is 19.6. The first-order valence-electron chi connectivity index (χ1n) is 32.1. The summed E-state index contributed by atoms with van der Waals surface area (Å²) < 4.78 is 144. The first-order valence-corrected chi connectivity index (χ1v) is 32.1. The minimum Gasteiger partial charge on any atom is -0.332 e. The number of aromatic nitrogens is 12. The first kappa shape index (κ1) is 67.4. The maximum Gasteiger partial charge on any atom is 0.434 e. The van der Waals surface area contributed by atoms with Gasteiger partial charge >= 0.3 is 18.5 Å². The highest BCUT2D eigenvalue weighted by Crippen LogP contribution is 2.48. The molecule has 9 atom stereocenters. The summed E-state index contributed by atoms with van der Waals surface area (Å²) in [4.78, 5) is 68.8. The van der Waals surface area contributed by atoms with Gasteiger partial charge in [0, 0.05) is 89.5 Å². The van der Waals surface area contributed by atoms with Gasteiger partial charge in [-0.05, 0) is 168 Å². The molecule has 0 N–H and O–H groups in total. The monoisotopic (exact) mass is 1370 g/mol. The number of carbonyl (C=O) groups is 3. The summed E-state index contributed by atoms with van der Waals surface area (Å²) in [6.07, 6.45) is 6.79. The Labute approximate surface area is 558 Å². The predicted molar refractivity (Wildman–Crippen MR) is 333 cm³/mol. The van der Waals surface area contributed by atoms with Crippen LogP contribution in [0.4, 0.5) is 48.3 Å². The van der Waals surface area contributed by atoms with Crippen LogP contribution in [0.15, 0.2) is 147 Å². The molecule has 9 aromatic rings. The van der Waals surface area contributed by atoms with Gasteiger partial charge in [0.15, 0.2) is 17.1 Å². The second kappa shape index (κ2) is 27.6. The van der Waals surface area contributed by atoms with E-state index in [1.807, 2.05) is 41.0 Å². The fraction of sp³-hybridized carbons (Fsp3) is 0.357. The van der Waals surface area contributed by atoms with E-state index in [0.29, 0.717) is 53.2 Å². The number of amides is 3. The van der Waals surface area contributed by atoms with Crippen LogP contribution >= 0.6 is 0 Å². The predicted octanol–water partition coefficient (Wildman–Crippen LogP) is 13.2. The summed E-state index contributed by atoms with van der Waals surface area (Å²) >= 11 is 0. The molecule has 9 unspecified atom stereocenters. The molecule has 12 heterocycles. The number of fused-ring (bicyclic) bond motifs is 6. The topological polar surface area (TPSA) is 216 Å². The summed E-state index contributed by atoms with van der Waals surface area (Å²) in [5.74, 6) is -1.39. The number of rotatable bonds is 12. The van der Waals surface area contributed by atoms with Crippen molar-refractivity contribution < 1.29 is 62.7 Å². The van der Waals surface area contributed by atoms with Gasteiger partial charge in [0.2, 0.25) is 0 Å². The lowest BCUT2D eigenvalue weighted by atomic mass is 9.86. The van der Waals surface area contributed by atoms with Crippen molar-refractivity contribution in [3.63, 3.8) is 0 Å². The minimum atomic E-state index is -4.53. The lowest BCUT2D eigenvalue weighted by Crippen LogP contribution is -2.37. The highest BCUT2D eigenvalue weighted by Gasteiger charge is 2.52.